The van der Waals surface area contributed by atoms with Crippen LogP contribution in [0.2, 0.25) is 0 Å². The molecular weight excluding hydrogens is 384 g/mol. The molecule has 4 nitrogen and oxygen atoms in total. The van der Waals surface area contributed by atoms with Crippen molar-refractivity contribution in [2.45, 2.75) is 38.2 Å². The Balaban J connectivity index is 1.51. The Hall–Kier alpha value is -2.44. The van der Waals surface area contributed by atoms with Crippen molar-refractivity contribution in [2.24, 2.45) is 0 Å². The fourth-order valence-electron chi connectivity index (χ4n) is 3.05. The van der Waals surface area contributed by atoms with Crippen molar-refractivity contribution in [1.29, 1.82) is 0 Å². The van der Waals surface area contributed by atoms with Crippen LogP contribution in [0.3, 0.4) is 0 Å². The van der Waals surface area contributed by atoms with Gasteiger partial charge in [0.25, 0.3) is 0 Å². The molecule has 0 aliphatic rings. The fourth-order valence-corrected chi connectivity index (χ4v) is 4.96. The van der Waals surface area contributed by atoms with E-state index in [1.54, 1.807) is 23.1 Å². The Morgan fingerprint density at radius 3 is 2.54 bits per heavy atom. The summed E-state index contributed by atoms with van der Waals surface area (Å²) in [4.78, 5) is 4.83. The summed E-state index contributed by atoms with van der Waals surface area (Å²) in [6.07, 6.45) is 0. The highest BCUT2D eigenvalue weighted by atomic mass is 32.2. The largest absolute Gasteiger partial charge is 0.302 e. The summed E-state index contributed by atoms with van der Waals surface area (Å²) in [7, 11) is 0. The van der Waals surface area contributed by atoms with E-state index in [2.05, 4.69) is 89.4 Å². The van der Waals surface area contributed by atoms with E-state index in [0.717, 1.165) is 39.5 Å². The van der Waals surface area contributed by atoms with Crippen LogP contribution < -0.4 is 0 Å². The highest BCUT2D eigenvalue weighted by molar-refractivity contribution is 7.98. The Morgan fingerprint density at radius 2 is 1.79 bits per heavy atom. The molecule has 0 saturated carbocycles. The van der Waals surface area contributed by atoms with Crippen LogP contribution >= 0.6 is 23.1 Å². The third-order valence-electron chi connectivity index (χ3n) is 4.62. The molecule has 0 aliphatic heterocycles. The molecule has 4 rings (SSSR count). The molecule has 142 valence electrons. The molecule has 4 aromatic rings. The lowest BCUT2D eigenvalue weighted by molar-refractivity contribution is 0.687. The van der Waals surface area contributed by atoms with E-state index < -0.39 is 0 Å². The van der Waals surface area contributed by atoms with Gasteiger partial charge in [-0.05, 0) is 26.3 Å². The molecule has 0 N–H and O–H groups in total. The lowest BCUT2D eigenvalue weighted by Crippen LogP contribution is -2.00. The zero-order valence-corrected chi connectivity index (χ0v) is 17.8. The summed E-state index contributed by atoms with van der Waals surface area (Å²) in [6, 6.07) is 16.8. The number of aryl methyl sites for hydroxylation is 2. The fraction of sp³-hybridized carbons (Fsp3) is 0.227. The molecule has 0 atom stereocenters. The Morgan fingerprint density at radius 1 is 1.00 bits per heavy atom. The molecule has 6 heteroatoms. The molecule has 0 bridgehead atoms. The summed E-state index contributed by atoms with van der Waals surface area (Å²) in [5, 5.41) is 13.0. The topological polar surface area (TPSA) is 43.6 Å². The number of rotatable bonds is 6. The molecule has 2 aromatic heterocycles. The van der Waals surface area contributed by atoms with Crippen molar-refractivity contribution in [3.05, 3.63) is 70.7 Å². The minimum absolute atomic E-state index is 0.786. The van der Waals surface area contributed by atoms with Gasteiger partial charge in [0.15, 0.2) is 11.0 Å². The van der Waals surface area contributed by atoms with E-state index in [0.29, 0.717) is 0 Å². The molecule has 2 aromatic carbocycles. The molecule has 0 amide bonds. The first kappa shape index (κ1) is 18.9. The van der Waals surface area contributed by atoms with E-state index in [9.17, 15) is 0 Å². The molecule has 0 unspecified atom stereocenters. The first-order chi connectivity index (χ1) is 13.7. The summed E-state index contributed by atoms with van der Waals surface area (Å²) >= 11 is 3.39. The van der Waals surface area contributed by atoms with Crippen LogP contribution in [-0.2, 0) is 12.3 Å². The van der Waals surface area contributed by atoms with Crippen molar-refractivity contribution < 1.29 is 0 Å². The van der Waals surface area contributed by atoms with Crippen LogP contribution in [0, 0.1) is 13.8 Å². The number of benzene rings is 2. The van der Waals surface area contributed by atoms with Crippen molar-refractivity contribution in [1.82, 2.24) is 19.7 Å². The highest BCUT2D eigenvalue weighted by Gasteiger charge is 2.14. The maximum absolute atomic E-state index is 4.83. The van der Waals surface area contributed by atoms with Gasteiger partial charge in [-0.2, -0.15) is 0 Å². The number of thioether (sulfide) groups is 1. The van der Waals surface area contributed by atoms with E-state index in [4.69, 9.17) is 4.98 Å². The van der Waals surface area contributed by atoms with Gasteiger partial charge in [0.1, 0.15) is 5.01 Å². The number of hydrogen-bond acceptors (Lipinski definition) is 5. The quantitative estimate of drug-likeness (QED) is 0.369. The summed E-state index contributed by atoms with van der Waals surface area (Å²) in [5.41, 5.74) is 5.89. The van der Waals surface area contributed by atoms with E-state index in [1.807, 2.05) is 0 Å². The second-order valence-corrected chi connectivity index (χ2v) is 8.46. The zero-order chi connectivity index (χ0) is 19.5. The van der Waals surface area contributed by atoms with Gasteiger partial charge in [0.05, 0.1) is 5.69 Å². The van der Waals surface area contributed by atoms with Crippen LogP contribution in [0.25, 0.3) is 22.0 Å². The minimum atomic E-state index is 0.786. The van der Waals surface area contributed by atoms with Gasteiger partial charge >= 0.3 is 0 Å². The lowest BCUT2D eigenvalue weighted by atomic mass is 10.1. The molecule has 0 saturated heterocycles. The van der Waals surface area contributed by atoms with E-state index in [1.165, 1.54) is 16.7 Å². The lowest BCUT2D eigenvalue weighted by Gasteiger charge is -2.07. The van der Waals surface area contributed by atoms with E-state index in [-0.39, 0.29) is 0 Å². The Kier molecular flexibility index (Phi) is 5.59. The second-order valence-electron chi connectivity index (χ2n) is 6.66. The van der Waals surface area contributed by atoms with Gasteiger partial charge in [-0.3, -0.25) is 0 Å². The van der Waals surface area contributed by atoms with Crippen molar-refractivity contribution in [3.63, 3.8) is 0 Å². The maximum Gasteiger partial charge on any atom is 0.191 e. The SMILES string of the molecule is CCn1c(SCc2csc(-c3ccccc3C)n2)nnc1-c1ccc(C)cc1. The number of thiazole rings is 1. The van der Waals surface area contributed by atoms with Gasteiger partial charge in [0, 0.05) is 28.8 Å². The van der Waals surface area contributed by atoms with Gasteiger partial charge in [-0.15, -0.1) is 21.5 Å². The van der Waals surface area contributed by atoms with Gasteiger partial charge in [0.2, 0.25) is 0 Å². The molecule has 0 aliphatic carbocycles. The summed E-state index contributed by atoms with van der Waals surface area (Å²) in [5.74, 6) is 1.71. The number of hydrogen-bond donors (Lipinski definition) is 0. The van der Waals surface area contributed by atoms with Crippen LogP contribution in [-0.4, -0.2) is 19.7 Å². The Bertz CT molecular complexity index is 1080. The molecular formula is C22H22N4S2. The highest BCUT2D eigenvalue weighted by Crippen LogP contribution is 2.30. The smallest absolute Gasteiger partial charge is 0.191 e. The Labute approximate surface area is 173 Å². The van der Waals surface area contributed by atoms with Crippen LogP contribution in [0.5, 0.6) is 0 Å². The predicted molar refractivity (Wildman–Crippen MR) is 118 cm³/mol. The monoisotopic (exact) mass is 406 g/mol. The minimum Gasteiger partial charge on any atom is -0.302 e. The van der Waals surface area contributed by atoms with Crippen molar-refractivity contribution in [3.8, 4) is 22.0 Å². The third kappa shape index (κ3) is 3.88. The predicted octanol–water partition coefficient (Wildman–Crippen LogP) is 6.00. The van der Waals surface area contributed by atoms with Gasteiger partial charge in [-0.1, -0.05) is 65.9 Å². The zero-order valence-electron chi connectivity index (χ0n) is 16.2. The van der Waals surface area contributed by atoms with E-state index >= 15 is 0 Å². The normalized spacial score (nSPS) is 11.1. The van der Waals surface area contributed by atoms with Gasteiger partial charge < -0.3 is 4.57 Å². The van der Waals surface area contributed by atoms with Crippen LogP contribution in [0.15, 0.2) is 59.1 Å². The number of nitrogens with zero attached hydrogens (tertiary/aromatic N) is 4. The molecule has 0 radical (unpaired) electrons. The maximum atomic E-state index is 4.83. The standard InChI is InChI=1S/C22H22N4S2/c1-4-26-20(17-11-9-15(2)10-12-17)24-25-22(26)28-14-18-13-27-21(23-18)19-8-6-5-7-16(19)3/h5-13H,4,14H2,1-3H3. The number of aromatic nitrogens is 4. The molecule has 0 spiro atoms. The van der Waals surface area contributed by atoms with Crippen LogP contribution in [0.4, 0.5) is 0 Å². The van der Waals surface area contributed by atoms with Crippen molar-refractivity contribution in [2.75, 3.05) is 0 Å². The van der Waals surface area contributed by atoms with Crippen LogP contribution in [0.1, 0.15) is 23.7 Å². The average Bonchev–Trinajstić information content (AvgIpc) is 3.34. The third-order valence-corrected chi connectivity index (χ3v) is 6.54. The first-order valence-corrected chi connectivity index (χ1v) is 11.2. The molecule has 0 fully saturated rings. The summed E-state index contributed by atoms with van der Waals surface area (Å²) < 4.78 is 2.17. The second kappa shape index (κ2) is 8.29. The first-order valence-electron chi connectivity index (χ1n) is 9.29. The molecule has 28 heavy (non-hydrogen) atoms. The molecule has 2 heterocycles. The van der Waals surface area contributed by atoms with Gasteiger partial charge in [-0.25, -0.2) is 4.98 Å². The summed E-state index contributed by atoms with van der Waals surface area (Å²) in [6.45, 7) is 7.18. The average molecular weight is 407 g/mol. The van der Waals surface area contributed by atoms with Crippen molar-refractivity contribution >= 4 is 23.1 Å².